The van der Waals surface area contributed by atoms with Gasteiger partial charge in [0.15, 0.2) is 0 Å². The van der Waals surface area contributed by atoms with Crippen molar-refractivity contribution in [1.82, 2.24) is 10.3 Å². The van der Waals surface area contributed by atoms with E-state index in [4.69, 9.17) is 12.2 Å². The number of pyridine rings is 1. The summed E-state index contributed by atoms with van der Waals surface area (Å²) in [6.45, 7) is 0. The minimum atomic E-state index is -0.859. The Morgan fingerprint density at radius 2 is 2.04 bits per heavy atom. The summed E-state index contributed by atoms with van der Waals surface area (Å²) in [6.07, 6.45) is 8.80. The number of rotatable bonds is 7. The number of primary amides is 1. The van der Waals surface area contributed by atoms with Gasteiger partial charge in [-0.3, -0.25) is 14.6 Å². The molecule has 0 spiro atoms. The van der Waals surface area contributed by atoms with E-state index in [1.807, 2.05) is 30.5 Å². The fraction of sp³-hybridized carbons (Fsp3) is 0.167. The zero-order chi connectivity index (χ0) is 17.4. The molecule has 6 heteroatoms. The molecule has 5 nitrogen and oxygen atoms in total. The average Bonchev–Trinajstić information content (AvgIpc) is 2.60. The zero-order valence-corrected chi connectivity index (χ0v) is 13.8. The Bertz CT molecular complexity index is 739. The number of nitrogens with zero attached hydrogens (tertiary/aromatic N) is 1. The number of thioether (sulfide) groups is 1. The van der Waals surface area contributed by atoms with Gasteiger partial charge < -0.3 is 11.1 Å². The summed E-state index contributed by atoms with van der Waals surface area (Å²) < 4.78 is 0. The molecule has 0 aliphatic carbocycles. The Morgan fingerprint density at radius 3 is 2.62 bits per heavy atom. The normalized spacial score (nSPS) is 11.3. The monoisotopic (exact) mass is 339 g/mol. The van der Waals surface area contributed by atoms with Gasteiger partial charge in [-0.25, -0.2) is 0 Å². The highest BCUT2D eigenvalue weighted by Crippen LogP contribution is 2.22. The summed E-state index contributed by atoms with van der Waals surface area (Å²) in [5.74, 6) is 2.10. The molecule has 2 amide bonds. The third kappa shape index (κ3) is 5.14. The quantitative estimate of drug-likeness (QED) is 0.597. The van der Waals surface area contributed by atoms with Gasteiger partial charge in [0.05, 0.1) is 0 Å². The molecule has 122 valence electrons. The van der Waals surface area contributed by atoms with Crippen LogP contribution >= 0.6 is 11.8 Å². The second-order valence-electron chi connectivity index (χ2n) is 5.01. The van der Waals surface area contributed by atoms with E-state index in [2.05, 4.69) is 16.2 Å². The summed E-state index contributed by atoms with van der Waals surface area (Å²) in [5.41, 5.74) is 6.79. The molecule has 0 unspecified atom stereocenters. The number of aromatic nitrogens is 1. The number of hydrogen-bond acceptors (Lipinski definition) is 4. The first-order valence-electron chi connectivity index (χ1n) is 7.25. The Morgan fingerprint density at radius 1 is 1.29 bits per heavy atom. The van der Waals surface area contributed by atoms with Crippen LogP contribution in [0.4, 0.5) is 0 Å². The lowest BCUT2D eigenvalue weighted by Gasteiger charge is -2.13. The van der Waals surface area contributed by atoms with Gasteiger partial charge in [-0.15, -0.1) is 24.1 Å². The summed E-state index contributed by atoms with van der Waals surface area (Å²) >= 11 is 1.65. The standard InChI is InChI=1S/C18H17N3O2S/c1-2-4-16(17(19)22)21-18(23)14-6-8-15(9-7-14)24-12-13-5-3-10-20-11-13/h1,3,5-11,16H,4,12H2,(H2,19,22)(H,21,23)/t16-/m0/s1. The summed E-state index contributed by atoms with van der Waals surface area (Å²) in [7, 11) is 0. The molecule has 3 N–H and O–H groups in total. The minimum absolute atomic E-state index is 0.0696. The molecular formula is C18H17N3O2S. The number of nitrogens with one attached hydrogen (secondary N) is 1. The smallest absolute Gasteiger partial charge is 0.251 e. The lowest BCUT2D eigenvalue weighted by atomic mass is 10.1. The van der Waals surface area contributed by atoms with Crippen molar-refractivity contribution in [3.63, 3.8) is 0 Å². The highest BCUT2D eigenvalue weighted by atomic mass is 32.2. The van der Waals surface area contributed by atoms with Gasteiger partial charge in [0, 0.05) is 35.0 Å². The van der Waals surface area contributed by atoms with Crippen LogP contribution in [0.2, 0.25) is 0 Å². The van der Waals surface area contributed by atoms with Gasteiger partial charge in [-0.2, -0.15) is 0 Å². The molecule has 0 radical (unpaired) electrons. The lowest BCUT2D eigenvalue weighted by molar-refractivity contribution is -0.119. The van der Waals surface area contributed by atoms with Crippen molar-refractivity contribution in [2.24, 2.45) is 5.73 Å². The molecule has 0 aliphatic heterocycles. The Balaban J connectivity index is 1.94. The van der Waals surface area contributed by atoms with Gasteiger partial charge in [0.1, 0.15) is 6.04 Å². The van der Waals surface area contributed by atoms with Gasteiger partial charge in [-0.05, 0) is 35.9 Å². The van der Waals surface area contributed by atoms with Crippen molar-refractivity contribution in [3.8, 4) is 12.3 Å². The lowest BCUT2D eigenvalue weighted by Crippen LogP contribution is -2.44. The van der Waals surface area contributed by atoms with E-state index in [1.165, 1.54) is 0 Å². The van der Waals surface area contributed by atoms with Crippen molar-refractivity contribution in [2.45, 2.75) is 23.1 Å². The Kier molecular flexibility index (Phi) is 6.41. The van der Waals surface area contributed by atoms with Gasteiger partial charge in [-0.1, -0.05) is 6.07 Å². The van der Waals surface area contributed by atoms with Crippen LogP contribution in [0.15, 0.2) is 53.7 Å². The maximum atomic E-state index is 12.1. The summed E-state index contributed by atoms with van der Waals surface area (Å²) in [5, 5.41) is 2.54. The van der Waals surface area contributed by atoms with Crippen molar-refractivity contribution in [1.29, 1.82) is 0 Å². The van der Waals surface area contributed by atoms with E-state index >= 15 is 0 Å². The van der Waals surface area contributed by atoms with Crippen LogP contribution in [0, 0.1) is 12.3 Å². The topological polar surface area (TPSA) is 85.1 Å². The summed E-state index contributed by atoms with van der Waals surface area (Å²) in [6, 6.07) is 10.2. The first kappa shape index (κ1) is 17.6. The minimum Gasteiger partial charge on any atom is -0.368 e. The fourth-order valence-electron chi connectivity index (χ4n) is 1.93. The van der Waals surface area contributed by atoms with Crippen LogP contribution in [0.25, 0.3) is 0 Å². The number of benzene rings is 1. The number of amides is 2. The largest absolute Gasteiger partial charge is 0.368 e. The average molecular weight is 339 g/mol. The summed E-state index contributed by atoms with van der Waals surface area (Å²) in [4.78, 5) is 28.5. The van der Waals surface area contributed by atoms with E-state index in [9.17, 15) is 9.59 Å². The Hall–Kier alpha value is -2.78. The second kappa shape index (κ2) is 8.75. The molecule has 0 aliphatic rings. The maximum absolute atomic E-state index is 12.1. The molecule has 0 bridgehead atoms. The number of terminal acetylenes is 1. The van der Waals surface area contributed by atoms with E-state index in [0.717, 1.165) is 16.2 Å². The highest BCUT2D eigenvalue weighted by molar-refractivity contribution is 7.98. The van der Waals surface area contributed by atoms with E-state index in [-0.39, 0.29) is 12.3 Å². The molecule has 0 fully saturated rings. The SMILES string of the molecule is C#CC[C@H](NC(=O)c1ccc(SCc2cccnc2)cc1)C(N)=O. The van der Waals surface area contributed by atoms with Crippen LogP contribution < -0.4 is 11.1 Å². The molecular weight excluding hydrogens is 322 g/mol. The molecule has 1 aromatic heterocycles. The highest BCUT2D eigenvalue weighted by Gasteiger charge is 2.17. The molecule has 1 aromatic carbocycles. The molecule has 2 aromatic rings. The van der Waals surface area contributed by atoms with Gasteiger partial charge in [0.2, 0.25) is 5.91 Å². The molecule has 0 saturated carbocycles. The van der Waals surface area contributed by atoms with Gasteiger partial charge >= 0.3 is 0 Å². The number of carbonyl (C=O) groups is 2. The van der Waals surface area contributed by atoms with Crippen molar-refractivity contribution >= 4 is 23.6 Å². The van der Waals surface area contributed by atoms with Crippen LogP contribution in [0.3, 0.4) is 0 Å². The maximum Gasteiger partial charge on any atom is 0.251 e. The number of carbonyl (C=O) groups excluding carboxylic acids is 2. The van der Waals surface area contributed by atoms with Crippen LogP contribution in [0.5, 0.6) is 0 Å². The number of hydrogen-bond donors (Lipinski definition) is 2. The van der Waals surface area contributed by atoms with E-state index in [1.54, 1.807) is 30.1 Å². The van der Waals surface area contributed by atoms with Crippen LogP contribution in [0.1, 0.15) is 22.3 Å². The zero-order valence-electron chi connectivity index (χ0n) is 12.9. The third-order valence-corrected chi connectivity index (χ3v) is 4.30. The molecule has 24 heavy (non-hydrogen) atoms. The Labute approximate surface area is 145 Å². The van der Waals surface area contributed by atoms with Crippen LogP contribution in [-0.2, 0) is 10.5 Å². The fourth-order valence-corrected chi connectivity index (χ4v) is 2.77. The molecule has 1 heterocycles. The predicted molar refractivity (Wildman–Crippen MR) is 94.1 cm³/mol. The van der Waals surface area contributed by atoms with E-state index < -0.39 is 11.9 Å². The van der Waals surface area contributed by atoms with Crippen molar-refractivity contribution in [2.75, 3.05) is 0 Å². The molecule has 0 saturated heterocycles. The van der Waals surface area contributed by atoms with E-state index in [0.29, 0.717) is 5.56 Å². The van der Waals surface area contributed by atoms with Crippen molar-refractivity contribution in [3.05, 3.63) is 59.9 Å². The van der Waals surface area contributed by atoms with Gasteiger partial charge in [0.25, 0.3) is 5.91 Å². The molecule has 2 rings (SSSR count). The number of nitrogens with two attached hydrogens (primary N) is 1. The van der Waals surface area contributed by atoms with Crippen LogP contribution in [-0.4, -0.2) is 22.8 Å². The first-order chi connectivity index (χ1) is 11.6. The van der Waals surface area contributed by atoms with Crippen molar-refractivity contribution < 1.29 is 9.59 Å². The first-order valence-corrected chi connectivity index (χ1v) is 8.24. The third-order valence-electron chi connectivity index (χ3n) is 3.22. The predicted octanol–water partition coefficient (Wildman–Crippen LogP) is 1.98. The second-order valence-corrected chi connectivity index (χ2v) is 6.06. The molecule has 1 atom stereocenters.